The molecule has 2 aromatic carbocycles. The maximum atomic E-state index is 14.5. The molecule has 1 fully saturated rings. The van der Waals surface area contributed by atoms with E-state index in [4.69, 9.17) is 16.7 Å². The van der Waals surface area contributed by atoms with Crippen LogP contribution in [-0.2, 0) is 6.54 Å². The number of halogens is 2. The Hall–Kier alpha value is -3.17. The molecule has 0 spiro atoms. The van der Waals surface area contributed by atoms with Gasteiger partial charge >= 0.3 is 6.09 Å². The molecule has 0 bridgehead atoms. The molecule has 1 unspecified atom stereocenters. The fourth-order valence-corrected chi connectivity index (χ4v) is 4.20. The zero-order chi connectivity index (χ0) is 22.8. The van der Waals surface area contributed by atoms with Crippen molar-refractivity contribution < 1.29 is 14.3 Å². The first-order valence-corrected chi connectivity index (χ1v) is 10.6. The van der Waals surface area contributed by atoms with Gasteiger partial charge in [-0.3, -0.25) is 9.69 Å². The van der Waals surface area contributed by atoms with Crippen LogP contribution in [0, 0.1) is 5.82 Å². The fourth-order valence-electron chi connectivity index (χ4n) is 3.97. The van der Waals surface area contributed by atoms with Crippen LogP contribution in [0.2, 0.25) is 5.02 Å². The maximum absolute atomic E-state index is 14.5. The Balaban J connectivity index is 1.69. The zero-order valence-electron chi connectivity index (χ0n) is 17.5. The summed E-state index contributed by atoms with van der Waals surface area (Å²) in [5, 5.41) is 13.4. The summed E-state index contributed by atoms with van der Waals surface area (Å²) >= 11 is 6.22. The van der Waals surface area contributed by atoms with Crippen LogP contribution in [-0.4, -0.2) is 51.9 Å². The Bertz CT molecular complexity index is 1200. The van der Waals surface area contributed by atoms with Crippen LogP contribution in [0.1, 0.15) is 24.4 Å². The number of hydrogen-bond acceptors (Lipinski definition) is 5. The van der Waals surface area contributed by atoms with Crippen LogP contribution < -0.4 is 15.9 Å². The predicted molar refractivity (Wildman–Crippen MR) is 120 cm³/mol. The molecule has 10 heteroatoms. The van der Waals surface area contributed by atoms with Crippen molar-refractivity contribution in [1.82, 2.24) is 19.9 Å². The van der Waals surface area contributed by atoms with Gasteiger partial charge in [0.05, 0.1) is 16.5 Å². The summed E-state index contributed by atoms with van der Waals surface area (Å²) in [7, 11) is 0. The average molecular weight is 460 g/mol. The van der Waals surface area contributed by atoms with Gasteiger partial charge in [0.2, 0.25) is 0 Å². The lowest BCUT2D eigenvalue weighted by Gasteiger charge is -2.38. The monoisotopic (exact) mass is 459 g/mol. The van der Waals surface area contributed by atoms with Gasteiger partial charge in [-0.2, -0.15) is 0 Å². The van der Waals surface area contributed by atoms with Crippen molar-refractivity contribution in [2.24, 2.45) is 0 Å². The first-order valence-electron chi connectivity index (χ1n) is 10.3. The normalized spacial score (nSPS) is 15.7. The van der Waals surface area contributed by atoms with Crippen molar-refractivity contribution in [1.29, 1.82) is 0 Å². The molecule has 32 heavy (non-hydrogen) atoms. The average Bonchev–Trinajstić information content (AvgIpc) is 2.77. The molecule has 1 aliphatic rings. The van der Waals surface area contributed by atoms with E-state index in [1.165, 1.54) is 16.3 Å². The molecular weight excluding hydrogens is 437 g/mol. The molecule has 1 atom stereocenters. The number of piperazine rings is 1. The van der Waals surface area contributed by atoms with Crippen LogP contribution in [0.25, 0.3) is 10.9 Å². The van der Waals surface area contributed by atoms with E-state index in [1.54, 1.807) is 6.92 Å². The number of benzene rings is 2. The molecule has 4 rings (SSSR count). The lowest BCUT2D eigenvalue weighted by Crippen LogP contribution is -2.55. The van der Waals surface area contributed by atoms with E-state index in [2.05, 4.69) is 27.3 Å². The van der Waals surface area contributed by atoms with Crippen LogP contribution in [0.4, 0.5) is 9.18 Å². The Morgan fingerprint density at radius 2 is 1.88 bits per heavy atom. The molecule has 1 aliphatic heterocycles. The number of hydrogen-bond donors (Lipinski definition) is 2. The molecule has 0 radical (unpaired) electrons. The molecule has 1 amide bonds. The van der Waals surface area contributed by atoms with Gasteiger partial charge in [0.1, 0.15) is 11.3 Å². The van der Waals surface area contributed by atoms with Crippen LogP contribution in [0.15, 0.2) is 47.3 Å². The highest BCUT2D eigenvalue weighted by Gasteiger charge is 2.26. The topological polar surface area (TPSA) is 90.7 Å². The molecule has 8 nitrogen and oxygen atoms in total. The minimum absolute atomic E-state index is 0.0235. The third kappa shape index (κ3) is 4.39. The summed E-state index contributed by atoms with van der Waals surface area (Å²) in [4.78, 5) is 31.2. The Labute approximate surface area is 188 Å². The standard InChI is InChI=1S/C22H23ClFN5O3/c1-14(25-22(31)32)20-26-19-17(24)8-7-16(23)18(19)21(30)29(20)28-11-9-27(10-12-28)13-15-5-3-2-4-6-15/h2-8,14,25H,9-13H2,1H3,(H,31,32). The van der Waals surface area contributed by atoms with Gasteiger partial charge in [-0.25, -0.2) is 18.8 Å². The molecule has 2 heterocycles. The second-order valence-corrected chi connectivity index (χ2v) is 8.13. The first kappa shape index (κ1) is 22.0. The highest BCUT2D eigenvalue weighted by Crippen LogP contribution is 2.24. The highest BCUT2D eigenvalue weighted by molar-refractivity contribution is 6.35. The van der Waals surface area contributed by atoms with E-state index in [1.807, 2.05) is 23.2 Å². The minimum atomic E-state index is -1.27. The summed E-state index contributed by atoms with van der Waals surface area (Å²) in [5.74, 6) is -0.576. The van der Waals surface area contributed by atoms with Gasteiger partial charge in [0.15, 0.2) is 5.82 Å². The molecule has 0 saturated carbocycles. The van der Waals surface area contributed by atoms with Crippen molar-refractivity contribution >= 4 is 28.6 Å². The van der Waals surface area contributed by atoms with Crippen molar-refractivity contribution in [3.63, 3.8) is 0 Å². The molecule has 3 aromatic rings. The van der Waals surface area contributed by atoms with Crippen molar-refractivity contribution in [3.05, 3.63) is 75.0 Å². The van der Waals surface area contributed by atoms with E-state index < -0.39 is 23.5 Å². The van der Waals surface area contributed by atoms with Gasteiger partial charge in [0.25, 0.3) is 5.56 Å². The third-order valence-corrected chi connectivity index (χ3v) is 5.85. The van der Waals surface area contributed by atoms with E-state index in [0.29, 0.717) is 26.2 Å². The largest absolute Gasteiger partial charge is 0.465 e. The number of carbonyl (C=O) groups is 1. The van der Waals surface area contributed by atoms with Crippen molar-refractivity contribution in [2.75, 3.05) is 31.2 Å². The number of rotatable bonds is 5. The second kappa shape index (κ2) is 9.13. The second-order valence-electron chi connectivity index (χ2n) is 7.73. The first-order chi connectivity index (χ1) is 15.3. The fraction of sp³-hybridized carbons (Fsp3) is 0.318. The molecule has 0 aliphatic carbocycles. The van der Waals surface area contributed by atoms with Crippen LogP contribution in [0.5, 0.6) is 0 Å². The summed E-state index contributed by atoms with van der Waals surface area (Å²) in [6.07, 6.45) is -1.27. The summed E-state index contributed by atoms with van der Waals surface area (Å²) in [5.41, 5.74) is 0.508. The number of carboxylic acid groups (broad SMARTS) is 1. The smallest absolute Gasteiger partial charge is 0.405 e. The number of aromatic nitrogens is 2. The van der Waals surface area contributed by atoms with Crippen LogP contribution >= 0.6 is 11.6 Å². The van der Waals surface area contributed by atoms with Gasteiger partial charge in [-0.1, -0.05) is 41.9 Å². The molecule has 2 N–H and O–H groups in total. The van der Waals surface area contributed by atoms with Crippen molar-refractivity contribution in [3.8, 4) is 0 Å². The quantitative estimate of drug-likeness (QED) is 0.609. The third-order valence-electron chi connectivity index (χ3n) is 5.54. The number of amides is 1. The van der Waals surface area contributed by atoms with Gasteiger partial charge < -0.3 is 15.4 Å². The Kier molecular flexibility index (Phi) is 6.29. The molecular formula is C22H23ClFN5O3. The van der Waals surface area contributed by atoms with E-state index >= 15 is 0 Å². The Morgan fingerprint density at radius 1 is 1.19 bits per heavy atom. The number of nitrogens with one attached hydrogen (secondary N) is 1. The SMILES string of the molecule is CC(NC(=O)O)c1nc2c(F)ccc(Cl)c2c(=O)n1N1CCN(Cc2ccccc2)CC1. The molecule has 168 valence electrons. The highest BCUT2D eigenvalue weighted by atomic mass is 35.5. The van der Waals surface area contributed by atoms with Gasteiger partial charge in [-0.15, -0.1) is 0 Å². The summed E-state index contributed by atoms with van der Waals surface area (Å²) in [6, 6.07) is 11.7. The predicted octanol–water partition coefficient (Wildman–Crippen LogP) is 2.97. The van der Waals surface area contributed by atoms with Crippen molar-refractivity contribution in [2.45, 2.75) is 19.5 Å². The zero-order valence-corrected chi connectivity index (χ0v) is 18.2. The van der Waals surface area contributed by atoms with Gasteiger partial charge in [0, 0.05) is 32.7 Å². The van der Waals surface area contributed by atoms with E-state index in [-0.39, 0.29) is 21.7 Å². The van der Waals surface area contributed by atoms with E-state index in [9.17, 15) is 14.0 Å². The lowest BCUT2D eigenvalue weighted by atomic mass is 10.2. The van der Waals surface area contributed by atoms with Gasteiger partial charge in [-0.05, 0) is 24.6 Å². The number of fused-ring (bicyclic) bond motifs is 1. The summed E-state index contributed by atoms with van der Waals surface area (Å²) < 4.78 is 15.8. The summed E-state index contributed by atoms with van der Waals surface area (Å²) in [6.45, 7) is 4.76. The van der Waals surface area contributed by atoms with E-state index in [0.717, 1.165) is 12.6 Å². The minimum Gasteiger partial charge on any atom is -0.465 e. The van der Waals surface area contributed by atoms with Crippen LogP contribution in [0.3, 0.4) is 0 Å². The lowest BCUT2D eigenvalue weighted by molar-refractivity contribution is 0.189. The Morgan fingerprint density at radius 3 is 2.53 bits per heavy atom. The number of nitrogens with zero attached hydrogens (tertiary/aromatic N) is 4. The molecule has 1 saturated heterocycles. The molecule has 1 aromatic heterocycles. The maximum Gasteiger partial charge on any atom is 0.405 e.